The monoisotopic (exact) mass is 300 g/mol. The largest absolute Gasteiger partial charge is 0.357 e. The predicted molar refractivity (Wildman–Crippen MR) is 83.5 cm³/mol. The van der Waals surface area contributed by atoms with Crippen molar-refractivity contribution in [2.75, 3.05) is 11.9 Å². The first-order valence-corrected chi connectivity index (χ1v) is 7.72. The lowest BCUT2D eigenvalue weighted by Crippen LogP contribution is -2.47. The van der Waals surface area contributed by atoms with Crippen LogP contribution in [0.5, 0.6) is 0 Å². The van der Waals surface area contributed by atoms with Crippen LogP contribution >= 0.6 is 11.3 Å². The van der Waals surface area contributed by atoms with E-state index in [4.69, 9.17) is 0 Å². The van der Waals surface area contributed by atoms with E-state index in [1.54, 1.807) is 23.3 Å². The Morgan fingerprint density at radius 1 is 1.29 bits per heavy atom. The van der Waals surface area contributed by atoms with E-state index in [1.165, 1.54) is 0 Å². The van der Waals surface area contributed by atoms with Gasteiger partial charge in [0.1, 0.15) is 6.04 Å². The number of amides is 2. The van der Waals surface area contributed by atoms with E-state index in [0.717, 1.165) is 16.1 Å². The van der Waals surface area contributed by atoms with Crippen LogP contribution in [0.25, 0.3) is 0 Å². The molecule has 108 valence electrons. The number of likely N-dealkylation sites (N-methyl/N-ethyl adjacent to an activating group) is 1. The number of hydrogen-bond donors (Lipinski definition) is 1. The summed E-state index contributed by atoms with van der Waals surface area (Å²) in [6, 6.07) is 11.2. The lowest BCUT2D eigenvalue weighted by atomic mass is 10.1. The first kappa shape index (κ1) is 13.8. The molecule has 1 aromatic carbocycles. The molecule has 1 aliphatic rings. The van der Waals surface area contributed by atoms with Gasteiger partial charge in [-0.2, -0.15) is 0 Å². The van der Waals surface area contributed by atoms with E-state index in [1.807, 2.05) is 41.8 Å². The van der Waals surface area contributed by atoms with Gasteiger partial charge in [-0.3, -0.25) is 14.5 Å². The van der Waals surface area contributed by atoms with Crippen molar-refractivity contribution in [3.8, 4) is 0 Å². The maximum atomic E-state index is 12.7. The molecule has 4 nitrogen and oxygen atoms in total. The molecule has 2 aromatic rings. The van der Waals surface area contributed by atoms with Crippen molar-refractivity contribution in [1.29, 1.82) is 0 Å². The van der Waals surface area contributed by atoms with Crippen LogP contribution in [0.3, 0.4) is 0 Å². The number of carbonyl (C=O) groups is 2. The van der Waals surface area contributed by atoms with E-state index in [0.29, 0.717) is 12.8 Å². The average Bonchev–Trinajstić information content (AvgIpc) is 3.12. The second kappa shape index (κ2) is 5.69. The lowest BCUT2D eigenvalue weighted by Gasteiger charge is -2.24. The molecule has 0 unspecified atom stereocenters. The van der Waals surface area contributed by atoms with Gasteiger partial charge in [0, 0.05) is 24.0 Å². The Balaban J connectivity index is 1.91. The summed E-state index contributed by atoms with van der Waals surface area (Å²) in [6.45, 7) is 0. The molecule has 1 aliphatic heterocycles. The predicted octanol–water partition coefficient (Wildman–Crippen LogP) is 1.99. The van der Waals surface area contributed by atoms with Gasteiger partial charge in [-0.25, -0.2) is 0 Å². The third kappa shape index (κ3) is 2.56. The third-order valence-corrected chi connectivity index (χ3v) is 4.58. The Morgan fingerprint density at radius 3 is 2.81 bits per heavy atom. The van der Waals surface area contributed by atoms with Crippen LogP contribution in [0.4, 0.5) is 5.69 Å². The molecule has 21 heavy (non-hydrogen) atoms. The Morgan fingerprint density at radius 2 is 2.10 bits per heavy atom. The molecule has 1 atom stereocenters. The molecule has 0 radical (unpaired) electrons. The highest BCUT2D eigenvalue weighted by molar-refractivity contribution is 7.10. The fourth-order valence-electron chi connectivity index (χ4n) is 2.72. The minimum Gasteiger partial charge on any atom is -0.357 e. The fourth-order valence-corrected chi connectivity index (χ4v) is 3.41. The van der Waals surface area contributed by atoms with Gasteiger partial charge in [-0.05, 0) is 23.1 Å². The number of benzene rings is 1. The number of fused-ring (bicyclic) bond motifs is 1. The van der Waals surface area contributed by atoms with Crippen LogP contribution in [0.1, 0.15) is 10.4 Å². The Labute approximate surface area is 127 Å². The van der Waals surface area contributed by atoms with E-state index in [-0.39, 0.29) is 11.8 Å². The highest BCUT2D eigenvalue weighted by Gasteiger charge is 2.37. The highest BCUT2D eigenvalue weighted by Crippen LogP contribution is 2.32. The standard InChI is InChI=1S/C16H16N2O2S/c1-17-16(20)14-9-11-5-2-3-7-13(11)18(14)15(19)10-12-6-4-8-21-12/h2-8,14H,9-10H2,1H3,(H,17,20)/t14-/m0/s1. The van der Waals surface area contributed by atoms with Gasteiger partial charge in [-0.15, -0.1) is 11.3 Å². The van der Waals surface area contributed by atoms with Crippen LogP contribution in [-0.2, 0) is 22.4 Å². The number of carbonyl (C=O) groups excluding carboxylic acids is 2. The maximum absolute atomic E-state index is 12.7. The number of para-hydroxylation sites is 1. The first-order chi connectivity index (χ1) is 10.2. The van der Waals surface area contributed by atoms with E-state index >= 15 is 0 Å². The zero-order valence-corrected chi connectivity index (χ0v) is 12.5. The summed E-state index contributed by atoms with van der Waals surface area (Å²) in [5, 5.41) is 4.61. The van der Waals surface area contributed by atoms with Crippen LogP contribution in [0.2, 0.25) is 0 Å². The molecular weight excluding hydrogens is 284 g/mol. The molecule has 0 saturated heterocycles. The summed E-state index contributed by atoms with van der Waals surface area (Å²) in [6.07, 6.45) is 0.908. The minimum atomic E-state index is -0.445. The van der Waals surface area contributed by atoms with Gasteiger partial charge in [0.2, 0.25) is 11.8 Å². The number of anilines is 1. The molecule has 0 bridgehead atoms. The van der Waals surface area contributed by atoms with Crippen molar-refractivity contribution in [3.05, 3.63) is 52.2 Å². The summed E-state index contributed by atoms with van der Waals surface area (Å²) in [7, 11) is 1.60. The zero-order valence-electron chi connectivity index (χ0n) is 11.7. The number of nitrogens with one attached hydrogen (secondary N) is 1. The lowest BCUT2D eigenvalue weighted by molar-refractivity contribution is -0.125. The number of hydrogen-bond acceptors (Lipinski definition) is 3. The Hall–Kier alpha value is -2.14. The first-order valence-electron chi connectivity index (χ1n) is 6.84. The quantitative estimate of drug-likeness (QED) is 0.942. The van der Waals surface area contributed by atoms with Crippen molar-refractivity contribution in [1.82, 2.24) is 5.32 Å². The number of thiophene rings is 1. The molecule has 2 amide bonds. The average molecular weight is 300 g/mol. The van der Waals surface area contributed by atoms with Gasteiger partial charge < -0.3 is 5.32 Å². The Bertz CT molecular complexity index is 667. The van der Waals surface area contributed by atoms with Crippen molar-refractivity contribution in [2.24, 2.45) is 0 Å². The molecule has 1 N–H and O–H groups in total. The summed E-state index contributed by atoms with van der Waals surface area (Å²) in [5.41, 5.74) is 1.90. The highest BCUT2D eigenvalue weighted by atomic mass is 32.1. The minimum absolute atomic E-state index is 0.0315. The molecule has 0 fully saturated rings. The van der Waals surface area contributed by atoms with Crippen LogP contribution in [0.15, 0.2) is 41.8 Å². The summed E-state index contributed by atoms with van der Waals surface area (Å²) >= 11 is 1.56. The van der Waals surface area contributed by atoms with Crippen LogP contribution in [0, 0.1) is 0 Å². The third-order valence-electron chi connectivity index (χ3n) is 3.70. The SMILES string of the molecule is CNC(=O)[C@@H]1Cc2ccccc2N1C(=O)Cc1cccs1. The molecule has 0 spiro atoms. The smallest absolute Gasteiger partial charge is 0.243 e. The van der Waals surface area contributed by atoms with Crippen molar-refractivity contribution in [2.45, 2.75) is 18.9 Å². The number of nitrogens with zero attached hydrogens (tertiary/aromatic N) is 1. The summed E-state index contributed by atoms with van der Waals surface area (Å²) < 4.78 is 0. The second-order valence-corrected chi connectivity index (χ2v) is 6.02. The van der Waals surface area contributed by atoms with Gasteiger partial charge in [0.05, 0.1) is 6.42 Å². The normalized spacial score (nSPS) is 16.6. The van der Waals surface area contributed by atoms with Crippen molar-refractivity contribution >= 4 is 28.8 Å². The fraction of sp³-hybridized carbons (Fsp3) is 0.250. The van der Waals surface area contributed by atoms with E-state index < -0.39 is 6.04 Å². The van der Waals surface area contributed by atoms with Gasteiger partial charge in [0.15, 0.2) is 0 Å². The topological polar surface area (TPSA) is 49.4 Å². The Kier molecular flexibility index (Phi) is 3.75. The molecule has 0 aliphatic carbocycles. The summed E-state index contributed by atoms with van der Waals surface area (Å²) in [5.74, 6) is -0.151. The van der Waals surface area contributed by atoms with Crippen LogP contribution in [-0.4, -0.2) is 24.9 Å². The summed E-state index contributed by atoms with van der Waals surface area (Å²) in [4.78, 5) is 27.4. The van der Waals surface area contributed by atoms with E-state index in [9.17, 15) is 9.59 Å². The maximum Gasteiger partial charge on any atom is 0.243 e. The molecule has 0 saturated carbocycles. The van der Waals surface area contributed by atoms with Crippen molar-refractivity contribution in [3.63, 3.8) is 0 Å². The molecule has 5 heteroatoms. The molecular formula is C16H16N2O2S. The molecule has 1 aromatic heterocycles. The number of rotatable bonds is 3. The second-order valence-electron chi connectivity index (χ2n) is 4.98. The molecule has 3 rings (SSSR count). The zero-order chi connectivity index (χ0) is 14.8. The van der Waals surface area contributed by atoms with Gasteiger partial charge in [-0.1, -0.05) is 24.3 Å². The van der Waals surface area contributed by atoms with Crippen LogP contribution < -0.4 is 10.2 Å². The van der Waals surface area contributed by atoms with E-state index in [2.05, 4.69) is 5.32 Å². The van der Waals surface area contributed by atoms with Gasteiger partial charge >= 0.3 is 0 Å². The van der Waals surface area contributed by atoms with Crippen molar-refractivity contribution < 1.29 is 9.59 Å². The molecule has 2 heterocycles. The van der Waals surface area contributed by atoms with Gasteiger partial charge in [0.25, 0.3) is 0 Å².